The van der Waals surface area contributed by atoms with Gasteiger partial charge in [0.2, 0.25) is 0 Å². The average Bonchev–Trinajstić information content (AvgIpc) is 2.66. The number of likely N-dealkylation sites (N-methyl/N-ethyl adjacent to an activating group) is 2. The molecule has 0 saturated carbocycles. The number of piperazine rings is 1. The number of carbonyl (C=O) groups excluding carboxylic acids is 1. The summed E-state index contributed by atoms with van der Waals surface area (Å²) in [6.07, 6.45) is 0. The second-order valence-corrected chi connectivity index (χ2v) is 6.78. The van der Waals surface area contributed by atoms with Crippen LogP contribution in [0.15, 0.2) is 24.3 Å². The lowest BCUT2D eigenvalue weighted by Crippen LogP contribution is -2.45. The maximum absolute atomic E-state index is 12.2. The Labute approximate surface area is 151 Å². The second kappa shape index (κ2) is 9.75. The normalized spacial score (nSPS) is 17.3. The lowest BCUT2D eigenvalue weighted by molar-refractivity contribution is 0.131. The minimum absolute atomic E-state index is 0.0375. The minimum atomic E-state index is -0.190. The van der Waals surface area contributed by atoms with E-state index >= 15 is 0 Å². The second-order valence-electron chi connectivity index (χ2n) is 6.78. The van der Waals surface area contributed by atoms with Gasteiger partial charge < -0.3 is 20.2 Å². The lowest BCUT2D eigenvalue weighted by atomic mass is 10.1. The number of rotatable bonds is 7. The standard InChI is InChI=1S/C19H32N4O2/c1-4-22-9-11-23(12-10-22)14-18-8-6-5-7-17(18)13-20-19(25)21(3)16(2)15-24/h5-8,16,24H,4,9-15H2,1-3H3,(H,20,25). The number of carbonyl (C=O) groups is 1. The Morgan fingerprint density at radius 2 is 1.80 bits per heavy atom. The highest BCUT2D eigenvalue weighted by atomic mass is 16.3. The Hall–Kier alpha value is -1.63. The summed E-state index contributed by atoms with van der Waals surface area (Å²) in [5.74, 6) is 0. The molecule has 1 heterocycles. The van der Waals surface area contributed by atoms with E-state index in [1.165, 1.54) is 10.5 Å². The quantitative estimate of drug-likeness (QED) is 0.781. The molecule has 0 bridgehead atoms. The molecule has 2 N–H and O–H groups in total. The largest absolute Gasteiger partial charge is 0.394 e. The van der Waals surface area contributed by atoms with Gasteiger partial charge >= 0.3 is 6.03 Å². The molecule has 6 nitrogen and oxygen atoms in total. The van der Waals surface area contributed by atoms with Crippen LogP contribution < -0.4 is 5.32 Å². The number of hydrogen-bond donors (Lipinski definition) is 2. The van der Waals surface area contributed by atoms with E-state index in [2.05, 4.69) is 40.2 Å². The van der Waals surface area contributed by atoms with Gasteiger partial charge in [-0.3, -0.25) is 4.90 Å². The van der Waals surface area contributed by atoms with Crippen LogP contribution >= 0.6 is 0 Å². The predicted molar refractivity (Wildman–Crippen MR) is 100 cm³/mol. The maximum Gasteiger partial charge on any atom is 0.317 e. The number of amides is 2. The fourth-order valence-electron chi connectivity index (χ4n) is 3.01. The Bertz CT molecular complexity index is 544. The Morgan fingerprint density at radius 3 is 2.40 bits per heavy atom. The van der Waals surface area contributed by atoms with E-state index in [0.29, 0.717) is 6.54 Å². The molecule has 2 rings (SSSR count). The fraction of sp³-hybridized carbons (Fsp3) is 0.632. The van der Waals surface area contributed by atoms with Crippen LogP contribution in [0.5, 0.6) is 0 Å². The molecule has 1 aliphatic rings. The van der Waals surface area contributed by atoms with Gasteiger partial charge in [0, 0.05) is 46.3 Å². The first-order valence-corrected chi connectivity index (χ1v) is 9.18. The van der Waals surface area contributed by atoms with Crippen molar-refractivity contribution in [3.8, 4) is 0 Å². The number of aliphatic hydroxyl groups is 1. The molecular formula is C19H32N4O2. The summed E-state index contributed by atoms with van der Waals surface area (Å²) in [7, 11) is 1.70. The highest BCUT2D eigenvalue weighted by Crippen LogP contribution is 2.14. The van der Waals surface area contributed by atoms with Crippen LogP contribution in [0.1, 0.15) is 25.0 Å². The molecule has 1 aromatic rings. The van der Waals surface area contributed by atoms with E-state index in [1.807, 2.05) is 13.0 Å². The third-order valence-electron chi connectivity index (χ3n) is 5.10. The van der Waals surface area contributed by atoms with Crippen molar-refractivity contribution in [2.75, 3.05) is 46.4 Å². The molecule has 1 aromatic carbocycles. The summed E-state index contributed by atoms with van der Waals surface area (Å²) in [6, 6.07) is 7.95. The SMILES string of the molecule is CCN1CCN(Cc2ccccc2CNC(=O)N(C)C(C)CO)CC1. The van der Waals surface area contributed by atoms with E-state index < -0.39 is 0 Å². The third-order valence-corrected chi connectivity index (χ3v) is 5.10. The molecule has 25 heavy (non-hydrogen) atoms. The van der Waals surface area contributed by atoms with E-state index in [9.17, 15) is 9.90 Å². The summed E-state index contributed by atoms with van der Waals surface area (Å²) >= 11 is 0. The van der Waals surface area contributed by atoms with Crippen molar-refractivity contribution in [2.45, 2.75) is 33.0 Å². The number of urea groups is 1. The molecule has 1 atom stereocenters. The van der Waals surface area contributed by atoms with Gasteiger partial charge in [-0.2, -0.15) is 0 Å². The molecule has 2 amide bonds. The minimum Gasteiger partial charge on any atom is -0.394 e. The van der Waals surface area contributed by atoms with Gasteiger partial charge in [0.25, 0.3) is 0 Å². The smallest absolute Gasteiger partial charge is 0.317 e. The van der Waals surface area contributed by atoms with Crippen LogP contribution in [0.25, 0.3) is 0 Å². The summed E-state index contributed by atoms with van der Waals surface area (Å²) in [5, 5.41) is 12.1. The first kappa shape index (κ1) is 19.7. The Morgan fingerprint density at radius 1 is 1.20 bits per heavy atom. The van der Waals surface area contributed by atoms with Crippen LogP contribution in [-0.2, 0) is 13.1 Å². The predicted octanol–water partition coefficient (Wildman–Crippen LogP) is 1.35. The molecule has 140 valence electrons. The highest BCUT2D eigenvalue weighted by molar-refractivity contribution is 5.74. The zero-order valence-electron chi connectivity index (χ0n) is 15.7. The molecule has 0 aliphatic carbocycles. The van der Waals surface area contributed by atoms with Crippen molar-refractivity contribution in [2.24, 2.45) is 0 Å². The molecule has 1 aliphatic heterocycles. The summed E-state index contributed by atoms with van der Waals surface area (Å²) < 4.78 is 0. The summed E-state index contributed by atoms with van der Waals surface area (Å²) in [5.41, 5.74) is 2.42. The van der Waals surface area contributed by atoms with Crippen LogP contribution in [0.4, 0.5) is 4.79 Å². The van der Waals surface area contributed by atoms with Gasteiger partial charge in [-0.05, 0) is 24.6 Å². The third kappa shape index (κ3) is 5.70. The van der Waals surface area contributed by atoms with Crippen LogP contribution in [0.2, 0.25) is 0 Å². The summed E-state index contributed by atoms with van der Waals surface area (Å²) in [6.45, 7) is 11.0. The van der Waals surface area contributed by atoms with E-state index in [0.717, 1.165) is 44.8 Å². The maximum atomic E-state index is 12.2. The van der Waals surface area contributed by atoms with Gasteiger partial charge in [0.05, 0.1) is 12.6 Å². The molecule has 1 saturated heterocycles. The van der Waals surface area contributed by atoms with Crippen molar-refractivity contribution in [1.29, 1.82) is 0 Å². The number of benzene rings is 1. The van der Waals surface area contributed by atoms with Crippen LogP contribution in [0, 0.1) is 0 Å². The van der Waals surface area contributed by atoms with Crippen molar-refractivity contribution in [3.63, 3.8) is 0 Å². The average molecular weight is 348 g/mol. The van der Waals surface area contributed by atoms with Gasteiger partial charge in [-0.15, -0.1) is 0 Å². The molecule has 0 aromatic heterocycles. The Balaban J connectivity index is 1.91. The van der Waals surface area contributed by atoms with E-state index in [1.54, 1.807) is 7.05 Å². The Kier molecular flexibility index (Phi) is 7.68. The summed E-state index contributed by atoms with van der Waals surface area (Å²) in [4.78, 5) is 18.7. The number of nitrogens with zero attached hydrogens (tertiary/aromatic N) is 3. The van der Waals surface area contributed by atoms with Crippen molar-refractivity contribution in [1.82, 2.24) is 20.0 Å². The molecule has 6 heteroatoms. The fourth-order valence-corrected chi connectivity index (χ4v) is 3.01. The number of aliphatic hydroxyl groups excluding tert-OH is 1. The molecule has 0 radical (unpaired) electrons. The van der Waals surface area contributed by atoms with Crippen molar-refractivity contribution in [3.05, 3.63) is 35.4 Å². The monoisotopic (exact) mass is 348 g/mol. The van der Waals surface area contributed by atoms with Gasteiger partial charge in [0.1, 0.15) is 0 Å². The first-order valence-electron chi connectivity index (χ1n) is 9.18. The number of hydrogen-bond acceptors (Lipinski definition) is 4. The van der Waals surface area contributed by atoms with Crippen LogP contribution in [0.3, 0.4) is 0 Å². The lowest BCUT2D eigenvalue weighted by Gasteiger charge is -2.34. The zero-order valence-corrected chi connectivity index (χ0v) is 15.7. The zero-order chi connectivity index (χ0) is 18.2. The molecular weight excluding hydrogens is 316 g/mol. The van der Waals surface area contributed by atoms with E-state index in [-0.39, 0.29) is 18.7 Å². The highest BCUT2D eigenvalue weighted by Gasteiger charge is 2.18. The van der Waals surface area contributed by atoms with Crippen molar-refractivity contribution < 1.29 is 9.90 Å². The molecule has 0 spiro atoms. The van der Waals surface area contributed by atoms with Crippen LogP contribution in [-0.4, -0.2) is 78.3 Å². The topological polar surface area (TPSA) is 59.0 Å². The molecule has 1 unspecified atom stereocenters. The molecule has 1 fully saturated rings. The number of nitrogens with one attached hydrogen (secondary N) is 1. The van der Waals surface area contributed by atoms with Gasteiger partial charge in [-0.25, -0.2) is 4.79 Å². The first-order chi connectivity index (χ1) is 12.0. The van der Waals surface area contributed by atoms with E-state index in [4.69, 9.17) is 0 Å². The van der Waals surface area contributed by atoms with Gasteiger partial charge in [-0.1, -0.05) is 31.2 Å². The van der Waals surface area contributed by atoms with Crippen molar-refractivity contribution >= 4 is 6.03 Å². The van der Waals surface area contributed by atoms with Gasteiger partial charge in [0.15, 0.2) is 0 Å².